The highest BCUT2D eigenvalue weighted by Crippen LogP contribution is 2.38. The smallest absolute Gasteiger partial charge is 0.312 e. The molecule has 0 unspecified atom stereocenters. The summed E-state index contributed by atoms with van der Waals surface area (Å²) >= 11 is 0. The van der Waals surface area contributed by atoms with E-state index in [2.05, 4.69) is 10.6 Å². The van der Waals surface area contributed by atoms with Crippen molar-refractivity contribution in [2.45, 2.75) is 31.9 Å². The van der Waals surface area contributed by atoms with Crippen LogP contribution in [0.4, 0.5) is 35.0 Å². The van der Waals surface area contributed by atoms with Gasteiger partial charge in [-0.25, -0.2) is 4.79 Å². The maximum Gasteiger partial charge on any atom is 0.416 e. The molecular formula is C20H18F3N3O2. The first-order valence-corrected chi connectivity index (χ1v) is 9.03. The predicted octanol–water partition coefficient (Wildman–Crippen LogP) is 4.57. The third-order valence-electron chi connectivity index (χ3n) is 5.00. The molecule has 3 amide bonds. The maximum atomic E-state index is 12.6. The summed E-state index contributed by atoms with van der Waals surface area (Å²) in [6.07, 6.45) is -1.62. The Kier molecular flexibility index (Phi) is 4.49. The molecule has 0 saturated heterocycles. The first-order valence-electron chi connectivity index (χ1n) is 9.03. The number of urea groups is 1. The minimum atomic E-state index is -4.42. The third-order valence-corrected chi connectivity index (χ3v) is 5.00. The lowest BCUT2D eigenvalue weighted by Gasteiger charge is -2.35. The number of nitrogens with one attached hydrogen (secondary N) is 2. The van der Waals surface area contributed by atoms with Gasteiger partial charge in [-0.3, -0.25) is 4.79 Å². The van der Waals surface area contributed by atoms with Crippen molar-refractivity contribution in [2.24, 2.45) is 0 Å². The average molecular weight is 389 g/mol. The van der Waals surface area contributed by atoms with E-state index in [1.165, 1.54) is 12.1 Å². The molecule has 0 atom stereocenters. The Labute approximate surface area is 159 Å². The first-order chi connectivity index (χ1) is 13.3. The molecule has 0 aromatic heterocycles. The Morgan fingerprint density at radius 2 is 1.57 bits per heavy atom. The number of anilines is 3. The fourth-order valence-corrected chi connectivity index (χ4v) is 3.76. The lowest BCUT2D eigenvalue weighted by Crippen LogP contribution is -2.39. The molecule has 28 heavy (non-hydrogen) atoms. The van der Waals surface area contributed by atoms with Gasteiger partial charge < -0.3 is 15.5 Å². The highest BCUT2D eigenvalue weighted by Gasteiger charge is 2.31. The zero-order valence-electron chi connectivity index (χ0n) is 14.9. The van der Waals surface area contributed by atoms with Gasteiger partial charge in [0, 0.05) is 24.3 Å². The fourth-order valence-electron chi connectivity index (χ4n) is 3.76. The van der Waals surface area contributed by atoms with E-state index in [1.54, 1.807) is 0 Å². The molecule has 4 rings (SSSR count). The predicted molar refractivity (Wildman–Crippen MR) is 99.5 cm³/mol. The highest BCUT2D eigenvalue weighted by atomic mass is 19.4. The summed E-state index contributed by atoms with van der Waals surface area (Å²) in [6, 6.07) is 7.44. The number of aryl methyl sites for hydroxylation is 2. The topological polar surface area (TPSA) is 61.4 Å². The van der Waals surface area contributed by atoms with E-state index in [1.807, 2.05) is 17.0 Å². The molecule has 0 fully saturated rings. The van der Waals surface area contributed by atoms with E-state index in [0.29, 0.717) is 18.5 Å². The fraction of sp³-hybridized carbons (Fsp3) is 0.300. The number of hydrogen-bond acceptors (Lipinski definition) is 2. The van der Waals surface area contributed by atoms with Gasteiger partial charge in [-0.15, -0.1) is 0 Å². The first kappa shape index (κ1) is 18.3. The summed E-state index contributed by atoms with van der Waals surface area (Å²) in [5.41, 5.74) is 3.13. The number of carbonyl (C=O) groups is 2. The number of halogens is 3. The number of rotatable bonds is 2. The standard InChI is InChI=1S/C20H18F3N3O2/c21-20(22,23)14-4-6-15(7-5-14)24-19(28)25-16-10-12-2-1-9-26-17(27)8-3-13(11-16)18(12)26/h4-7,10-11H,1-3,8-9H2,(H2,24,25,28). The molecule has 2 heterocycles. The van der Waals surface area contributed by atoms with Gasteiger partial charge in [0.1, 0.15) is 0 Å². The largest absolute Gasteiger partial charge is 0.416 e. The zero-order valence-corrected chi connectivity index (χ0v) is 14.9. The molecule has 2 aliphatic heterocycles. The lowest BCUT2D eigenvalue weighted by atomic mass is 9.91. The van der Waals surface area contributed by atoms with E-state index in [-0.39, 0.29) is 11.6 Å². The summed E-state index contributed by atoms with van der Waals surface area (Å²) in [5.74, 6) is 0.134. The maximum absolute atomic E-state index is 12.6. The molecule has 2 aliphatic rings. The van der Waals surface area contributed by atoms with Gasteiger partial charge in [-0.05, 0) is 66.8 Å². The van der Waals surface area contributed by atoms with Gasteiger partial charge in [0.25, 0.3) is 0 Å². The van der Waals surface area contributed by atoms with Gasteiger partial charge in [0.15, 0.2) is 0 Å². The molecular weight excluding hydrogens is 371 g/mol. The summed E-state index contributed by atoms with van der Waals surface area (Å²) < 4.78 is 37.8. The highest BCUT2D eigenvalue weighted by molar-refractivity contribution is 6.01. The van der Waals surface area contributed by atoms with E-state index in [4.69, 9.17) is 0 Å². The van der Waals surface area contributed by atoms with Crippen molar-refractivity contribution >= 4 is 29.0 Å². The third kappa shape index (κ3) is 3.54. The van der Waals surface area contributed by atoms with Crippen LogP contribution >= 0.6 is 0 Å². The number of carbonyl (C=O) groups excluding carboxylic acids is 2. The van der Waals surface area contributed by atoms with Crippen molar-refractivity contribution in [3.8, 4) is 0 Å². The van der Waals surface area contributed by atoms with Crippen molar-refractivity contribution in [1.82, 2.24) is 0 Å². The Morgan fingerprint density at radius 1 is 0.929 bits per heavy atom. The quantitative estimate of drug-likeness (QED) is 0.790. The van der Waals surface area contributed by atoms with E-state index in [0.717, 1.165) is 48.3 Å². The Bertz CT molecular complexity index is 922. The molecule has 2 aromatic rings. The van der Waals surface area contributed by atoms with E-state index >= 15 is 0 Å². The van der Waals surface area contributed by atoms with Crippen LogP contribution in [-0.4, -0.2) is 18.5 Å². The zero-order chi connectivity index (χ0) is 19.9. The summed E-state index contributed by atoms with van der Waals surface area (Å²) in [4.78, 5) is 26.2. The van der Waals surface area contributed by atoms with Crippen molar-refractivity contribution in [3.63, 3.8) is 0 Å². The van der Waals surface area contributed by atoms with E-state index in [9.17, 15) is 22.8 Å². The summed E-state index contributed by atoms with van der Waals surface area (Å²) in [6.45, 7) is 0.722. The molecule has 8 heteroatoms. The molecule has 146 valence electrons. The van der Waals surface area contributed by atoms with E-state index < -0.39 is 17.8 Å². The van der Waals surface area contributed by atoms with Crippen LogP contribution < -0.4 is 15.5 Å². The molecule has 2 N–H and O–H groups in total. The van der Waals surface area contributed by atoms with Crippen LogP contribution in [0.3, 0.4) is 0 Å². The SMILES string of the molecule is O=C(Nc1ccc(C(F)(F)F)cc1)Nc1cc2c3c(c1)CCC(=O)N3CCC2. The number of amides is 3. The van der Waals surface area contributed by atoms with Gasteiger partial charge in [-0.1, -0.05) is 0 Å². The van der Waals surface area contributed by atoms with Gasteiger partial charge in [-0.2, -0.15) is 13.2 Å². The van der Waals surface area contributed by atoms with Crippen molar-refractivity contribution in [1.29, 1.82) is 0 Å². The second-order valence-corrected chi connectivity index (χ2v) is 6.95. The van der Waals surface area contributed by atoms with Crippen LogP contribution in [0, 0.1) is 0 Å². The molecule has 0 saturated carbocycles. The number of hydrogen-bond donors (Lipinski definition) is 2. The van der Waals surface area contributed by atoms with Crippen LogP contribution in [0.15, 0.2) is 36.4 Å². The van der Waals surface area contributed by atoms with Crippen LogP contribution in [0.2, 0.25) is 0 Å². The second kappa shape index (κ2) is 6.85. The van der Waals surface area contributed by atoms with Crippen molar-refractivity contribution in [3.05, 3.63) is 53.1 Å². The van der Waals surface area contributed by atoms with Gasteiger partial charge in [0.2, 0.25) is 5.91 Å². The second-order valence-electron chi connectivity index (χ2n) is 6.95. The molecule has 2 aromatic carbocycles. The molecule has 0 bridgehead atoms. The van der Waals surface area contributed by atoms with Crippen LogP contribution in [-0.2, 0) is 23.8 Å². The lowest BCUT2D eigenvalue weighted by molar-refractivity contribution is -0.137. The normalized spacial score (nSPS) is 15.8. The number of benzene rings is 2. The van der Waals surface area contributed by atoms with Crippen molar-refractivity contribution < 1.29 is 22.8 Å². The summed E-state index contributed by atoms with van der Waals surface area (Å²) in [7, 11) is 0. The number of nitrogens with zero attached hydrogens (tertiary/aromatic N) is 1. The Morgan fingerprint density at radius 3 is 2.25 bits per heavy atom. The molecule has 0 spiro atoms. The van der Waals surface area contributed by atoms with Crippen LogP contribution in [0.25, 0.3) is 0 Å². The van der Waals surface area contributed by atoms with Crippen molar-refractivity contribution in [2.75, 3.05) is 22.1 Å². The Balaban J connectivity index is 1.49. The molecule has 0 radical (unpaired) electrons. The van der Waals surface area contributed by atoms with Gasteiger partial charge in [0.05, 0.1) is 11.3 Å². The number of alkyl halides is 3. The minimum Gasteiger partial charge on any atom is -0.312 e. The summed E-state index contributed by atoms with van der Waals surface area (Å²) in [5, 5.41) is 5.27. The van der Waals surface area contributed by atoms with Gasteiger partial charge >= 0.3 is 12.2 Å². The monoisotopic (exact) mass is 389 g/mol. The minimum absolute atomic E-state index is 0.134. The molecule has 5 nitrogen and oxygen atoms in total. The van der Waals surface area contributed by atoms with Crippen LogP contribution in [0.1, 0.15) is 29.5 Å². The molecule has 0 aliphatic carbocycles. The Hall–Kier alpha value is -3.03. The van der Waals surface area contributed by atoms with Crippen LogP contribution in [0.5, 0.6) is 0 Å². The average Bonchev–Trinajstić information content (AvgIpc) is 2.64.